The zero-order valence-corrected chi connectivity index (χ0v) is 11.2. The van der Waals surface area contributed by atoms with Crippen molar-refractivity contribution in [2.45, 2.75) is 6.04 Å². The Morgan fingerprint density at radius 1 is 1.20 bits per heavy atom. The summed E-state index contributed by atoms with van der Waals surface area (Å²) in [6, 6.07) is 10.2. The van der Waals surface area contributed by atoms with Crippen molar-refractivity contribution in [3.05, 3.63) is 52.9 Å². The summed E-state index contributed by atoms with van der Waals surface area (Å²) < 4.78 is 12.7. The molecule has 0 saturated heterocycles. The summed E-state index contributed by atoms with van der Waals surface area (Å²) in [5.74, 6) is 0. The van der Waals surface area contributed by atoms with E-state index in [2.05, 4.69) is 4.98 Å². The topological polar surface area (TPSA) is 56.3 Å². The molecule has 1 aromatic heterocycles. The molecule has 2 rings (SSSR count). The lowest BCUT2D eigenvalue weighted by atomic mass is 10.1. The van der Waals surface area contributed by atoms with E-state index in [1.54, 1.807) is 24.2 Å². The first-order valence-electron chi connectivity index (χ1n) is 6.34. The van der Waals surface area contributed by atoms with E-state index in [0.717, 1.165) is 16.8 Å². The predicted molar refractivity (Wildman–Crippen MR) is 77.8 cm³/mol. The first-order chi connectivity index (χ1) is 9.65. The molecular formula is C15H17FN2O2. The second-order valence-electron chi connectivity index (χ2n) is 4.59. The first-order valence-corrected chi connectivity index (χ1v) is 6.34. The number of aromatic nitrogens is 1. The number of aromatic amines is 1. The molecule has 1 unspecified atom stereocenters. The van der Waals surface area contributed by atoms with E-state index in [4.69, 9.17) is 5.11 Å². The summed E-state index contributed by atoms with van der Waals surface area (Å²) in [6.07, 6.45) is 1.65. The molecule has 0 spiro atoms. The number of nitrogens with one attached hydrogen (secondary N) is 1. The zero-order valence-electron chi connectivity index (χ0n) is 11.2. The predicted octanol–water partition coefficient (Wildman–Crippen LogP) is 1.81. The minimum absolute atomic E-state index is 0.140. The average molecular weight is 276 g/mol. The van der Waals surface area contributed by atoms with Crippen LogP contribution in [0.1, 0.15) is 0 Å². The van der Waals surface area contributed by atoms with Crippen molar-refractivity contribution in [2.24, 2.45) is 0 Å². The number of alkyl halides is 1. The van der Waals surface area contributed by atoms with Crippen LogP contribution in [0.4, 0.5) is 10.1 Å². The number of likely N-dealkylation sites (N-methyl/N-ethyl adjacent to an activating group) is 1. The average Bonchev–Trinajstić information content (AvgIpc) is 2.49. The van der Waals surface area contributed by atoms with Crippen LogP contribution in [-0.4, -0.2) is 36.5 Å². The van der Waals surface area contributed by atoms with Crippen LogP contribution in [0.25, 0.3) is 11.1 Å². The summed E-state index contributed by atoms with van der Waals surface area (Å²) in [4.78, 5) is 15.3. The lowest BCUT2D eigenvalue weighted by Crippen LogP contribution is -2.36. The van der Waals surface area contributed by atoms with Gasteiger partial charge in [-0.15, -0.1) is 0 Å². The monoisotopic (exact) mass is 276 g/mol. The molecule has 0 aliphatic heterocycles. The lowest BCUT2D eigenvalue weighted by molar-refractivity contribution is 0.238. The van der Waals surface area contributed by atoms with Crippen LogP contribution in [0.2, 0.25) is 0 Å². The number of benzene rings is 1. The highest BCUT2D eigenvalue weighted by Gasteiger charge is 2.13. The van der Waals surface area contributed by atoms with Gasteiger partial charge in [0.1, 0.15) is 6.67 Å². The molecular weight excluding hydrogens is 259 g/mol. The summed E-state index contributed by atoms with van der Waals surface area (Å²) >= 11 is 0. The molecule has 1 atom stereocenters. The van der Waals surface area contributed by atoms with Crippen molar-refractivity contribution in [1.82, 2.24) is 4.98 Å². The molecule has 4 nitrogen and oxygen atoms in total. The number of aliphatic hydroxyl groups excluding tert-OH is 1. The highest BCUT2D eigenvalue weighted by atomic mass is 19.1. The van der Waals surface area contributed by atoms with Crippen LogP contribution >= 0.6 is 0 Å². The van der Waals surface area contributed by atoms with Gasteiger partial charge in [-0.3, -0.25) is 4.79 Å². The molecule has 5 heteroatoms. The fraction of sp³-hybridized carbons (Fsp3) is 0.267. The van der Waals surface area contributed by atoms with E-state index in [1.165, 1.54) is 6.07 Å². The molecule has 0 saturated carbocycles. The fourth-order valence-electron chi connectivity index (χ4n) is 1.96. The van der Waals surface area contributed by atoms with Gasteiger partial charge in [0.25, 0.3) is 0 Å². The Bertz CT molecular complexity index is 586. The van der Waals surface area contributed by atoms with Crippen molar-refractivity contribution in [3.8, 4) is 11.1 Å². The summed E-state index contributed by atoms with van der Waals surface area (Å²) in [6.45, 7) is -0.830. The molecule has 2 N–H and O–H groups in total. The van der Waals surface area contributed by atoms with Crippen LogP contribution in [0, 0.1) is 0 Å². The molecule has 1 heterocycles. The number of hydrogen-bond acceptors (Lipinski definition) is 3. The van der Waals surface area contributed by atoms with Gasteiger partial charge in [0, 0.05) is 25.0 Å². The SMILES string of the molecule is CN(c1ccc(-c2ccc(=O)[nH]c2)cc1)C(CO)CF. The van der Waals surface area contributed by atoms with Crippen LogP contribution < -0.4 is 10.5 Å². The number of aliphatic hydroxyl groups is 1. The Kier molecular flexibility index (Phi) is 4.53. The van der Waals surface area contributed by atoms with Gasteiger partial charge in [0.15, 0.2) is 0 Å². The van der Waals surface area contributed by atoms with Crippen molar-refractivity contribution >= 4 is 5.69 Å². The Morgan fingerprint density at radius 3 is 2.35 bits per heavy atom. The Labute approximate surface area is 116 Å². The van der Waals surface area contributed by atoms with E-state index < -0.39 is 12.7 Å². The van der Waals surface area contributed by atoms with E-state index >= 15 is 0 Å². The number of halogens is 1. The van der Waals surface area contributed by atoms with Gasteiger partial charge in [-0.2, -0.15) is 0 Å². The smallest absolute Gasteiger partial charge is 0.247 e. The molecule has 0 aliphatic carbocycles. The maximum atomic E-state index is 12.7. The zero-order chi connectivity index (χ0) is 14.5. The molecule has 0 aliphatic rings. The summed E-state index contributed by atoms with van der Waals surface area (Å²) in [5, 5.41) is 9.10. The lowest BCUT2D eigenvalue weighted by Gasteiger charge is -2.26. The molecule has 0 amide bonds. The maximum Gasteiger partial charge on any atom is 0.247 e. The minimum atomic E-state index is -0.603. The van der Waals surface area contributed by atoms with Crippen LogP contribution in [-0.2, 0) is 0 Å². The molecule has 20 heavy (non-hydrogen) atoms. The van der Waals surface area contributed by atoms with Crippen molar-refractivity contribution < 1.29 is 9.50 Å². The van der Waals surface area contributed by atoms with E-state index in [-0.39, 0.29) is 12.2 Å². The highest BCUT2D eigenvalue weighted by Crippen LogP contribution is 2.22. The number of nitrogens with zero attached hydrogens (tertiary/aromatic N) is 1. The van der Waals surface area contributed by atoms with Gasteiger partial charge < -0.3 is 15.0 Å². The van der Waals surface area contributed by atoms with E-state index in [9.17, 15) is 9.18 Å². The highest BCUT2D eigenvalue weighted by molar-refractivity contribution is 5.65. The standard InChI is InChI=1S/C15H17FN2O2/c1-18(14(8-16)10-19)13-5-2-11(3-6-13)12-4-7-15(20)17-9-12/h2-7,9,14,19H,8,10H2,1H3,(H,17,20). The number of H-pyrrole nitrogens is 1. The summed E-state index contributed by atoms with van der Waals surface area (Å²) in [5.41, 5.74) is 2.55. The molecule has 106 valence electrons. The second kappa shape index (κ2) is 6.34. The van der Waals surface area contributed by atoms with Crippen molar-refractivity contribution in [2.75, 3.05) is 25.2 Å². The minimum Gasteiger partial charge on any atom is -0.394 e. The van der Waals surface area contributed by atoms with Gasteiger partial charge in [-0.05, 0) is 29.3 Å². The van der Waals surface area contributed by atoms with Crippen LogP contribution in [0.15, 0.2) is 47.4 Å². The normalized spacial score (nSPS) is 12.2. The van der Waals surface area contributed by atoms with Gasteiger partial charge in [-0.1, -0.05) is 12.1 Å². The Morgan fingerprint density at radius 2 is 1.85 bits per heavy atom. The van der Waals surface area contributed by atoms with Crippen molar-refractivity contribution in [3.63, 3.8) is 0 Å². The fourth-order valence-corrected chi connectivity index (χ4v) is 1.96. The van der Waals surface area contributed by atoms with Gasteiger partial charge in [-0.25, -0.2) is 4.39 Å². The molecule has 1 aromatic carbocycles. The molecule has 2 aromatic rings. The summed E-state index contributed by atoms with van der Waals surface area (Å²) in [7, 11) is 1.75. The maximum absolute atomic E-state index is 12.7. The van der Waals surface area contributed by atoms with Crippen LogP contribution in [0.3, 0.4) is 0 Å². The third-order valence-electron chi connectivity index (χ3n) is 3.33. The molecule has 0 fully saturated rings. The van der Waals surface area contributed by atoms with Gasteiger partial charge in [0.05, 0.1) is 12.6 Å². The molecule has 0 bridgehead atoms. The molecule has 0 radical (unpaired) electrons. The third kappa shape index (κ3) is 3.05. The quantitative estimate of drug-likeness (QED) is 0.875. The Hall–Kier alpha value is -2.14. The first kappa shape index (κ1) is 14.3. The second-order valence-corrected chi connectivity index (χ2v) is 4.59. The largest absolute Gasteiger partial charge is 0.394 e. The number of hydrogen-bond donors (Lipinski definition) is 2. The third-order valence-corrected chi connectivity index (χ3v) is 3.33. The van der Waals surface area contributed by atoms with Gasteiger partial charge >= 0.3 is 0 Å². The van der Waals surface area contributed by atoms with E-state index in [0.29, 0.717) is 0 Å². The number of rotatable bonds is 5. The number of pyridine rings is 1. The Balaban J connectivity index is 2.21. The number of anilines is 1. The van der Waals surface area contributed by atoms with Crippen LogP contribution in [0.5, 0.6) is 0 Å². The van der Waals surface area contributed by atoms with Crippen molar-refractivity contribution in [1.29, 1.82) is 0 Å². The van der Waals surface area contributed by atoms with E-state index in [1.807, 2.05) is 24.3 Å². The van der Waals surface area contributed by atoms with Gasteiger partial charge in [0.2, 0.25) is 5.56 Å².